The summed E-state index contributed by atoms with van der Waals surface area (Å²) in [7, 11) is 0. The summed E-state index contributed by atoms with van der Waals surface area (Å²) in [4.78, 5) is 0. The summed E-state index contributed by atoms with van der Waals surface area (Å²) in [6, 6.07) is 5.68. The van der Waals surface area contributed by atoms with Crippen LogP contribution in [0, 0.1) is 0 Å². The van der Waals surface area contributed by atoms with Crippen LogP contribution in [0.15, 0.2) is 22.7 Å². The number of hydrogen-bond acceptors (Lipinski definition) is 3. The highest BCUT2D eigenvalue weighted by atomic mass is 79.9. The third kappa shape index (κ3) is 3.28. The van der Waals surface area contributed by atoms with E-state index in [-0.39, 0.29) is 13.2 Å². The molecular formula is C11H16BrNO2. The molecule has 1 aromatic carbocycles. The summed E-state index contributed by atoms with van der Waals surface area (Å²) >= 11 is 3.44. The fourth-order valence-electron chi connectivity index (χ4n) is 1.53. The maximum absolute atomic E-state index is 9.73. The molecule has 0 aliphatic rings. The minimum absolute atomic E-state index is 0.152. The molecule has 0 bridgehead atoms. The first-order chi connectivity index (χ1) is 7.20. The minimum atomic E-state index is -0.629. The number of rotatable bonds is 5. The second-order valence-corrected chi connectivity index (χ2v) is 4.24. The smallest absolute Gasteiger partial charge is 0.0915 e. The first-order valence-corrected chi connectivity index (χ1v) is 5.76. The average Bonchev–Trinajstić information content (AvgIpc) is 2.26. The van der Waals surface area contributed by atoms with Crippen LogP contribution in [0.1, 0.15) is 23.7 Å². The fourth-order valence-corrected chi connectivity index (χ4v) is 2.11. The van der Waals surface area contributed by atoms with E-state index in [2.05, 4.69) is 15.9 Å². The quantitative estimate of drug-likeness (QED) is 0.759. The van der Waals surface area contributed by atoms with Crippen molar-refractivity contribution in [2.75, 3.05) is 13.2 Å². The highest BCUT2D eigenvalue weighted by molar-refractivity contribution is 9.10. The molecule has 0 radical (unpaired) electrons. The van der Waals surface area contributed by atoms with Crippen molar-refractivity contribution < 1.29 is 10.2 Å². The number of aliphatic hydroxyl groups excluding tert-OH is 2. The van der Waals surface area contributed by atoms with Crippen LogP contribution < -0.4 is 5.73 Å². The van der Waals surface area contributed by atoms with Gasteiger partial charge >= 0.3 is 0 Å². The zero-order valence-electron chi connectivity index (χ0n) is 8.49. The Balaban J connectivity index is 2.97. The molecule has 1 atom stereocenters. The molecule has 84 valence electrons. The highest BCUT2D eigenvalue weighted by Gasteiger charge is 2.12. The van der Waals surface area contributed by atoms with Crippen LogP contribution in [0.5, 0.6) is 0 Å². The van der Waals surface area contributed by atoms with Gasteiger partial charge in [-0.15, -0.1) is 0 Å². The number of aliphatic hydroxyl groups is 2. The molecule has 0 heterocycles. The Labute approximate surface area is 98.1 Å². The van der Waals surface area contributed by atoms with E-state index < -0.39 is 6.10 Å². The molecule has 3 nitrogen and oxygen atoms in total. The van der Waals surface area contributed by atoms with Gasteiger partial charge in [0.1, 0.15) is 0 Å². The molecular weight excluding hydrogens is 258 g/mol. The predicted molar refractivity (Wildman–Crippen MR) is 63.6 cm³/mol. The Kier molecular flexibility index (Phi) is 5.25. The maximum atomic E-state index is 9.73. The second-order valence-electron chi connectivity index (χ2n) is 3.39. The van der Waals surface area contributed by atoms with Crippen molar-refractivity contribution >= 4 is 15.9 Å². The molecule has 1 unspecified atom stereocenters. The lowest BCUT2D eigenvalue weighted by Gasteiger charge is -2.15. The van der Waals surface area contributed by atoms with Crippen molar-refractivity contribution in [1.29, 1.82) is 0 Å². The molecule has 0 fully saturated rings. The molecule has 0 aliphatic heterocycles. The van der Waals surface area contributed by atoms with E-state index in [9.17, 15) is 5.11 Å². The lowest BCUT2D eigenvalue weighted by atomic mass is 9.99. The SMILES string of the molecule is NCC(O)c1cccc(Br)c1CCCO. The summed E-state index contributed by atoms with van der Waals surface area (Å²) in [5.41, 5.74) is 7.32. The van der Waals surface area contributed by atoms with Crippen LogP contribution in [-0.2, 0) is 6.42 Å². The zero-order chi connectivity index (χ0) is 11.3. The van der Waals surface area contributed by atoms with E-state index in [4.69, 9.17) is 10.8 Å². The molecule has 0 aromatic heterocycles. The van der Waals surface area contributed by atoms with Gasteiger partial charge in [0.2, 0.25) is 0 Å². The Morgan fingerprint density at radius 2 is 2.13 bits per heavy atom. The van der Waals surface area contributed by atoms with Crippen molar-refractivity contribution in [3.63, 3.8) is 0 Å². The van der Waals surface area contributed by atoms with Crippen molar-refractivity contribution in [2.45, 2.75) is 18.9 Å². The van der Waals surface area contributed by atoms with Gasteiger partial charge in [0.25, 0.3) is 0 Å². The van der Waals surface area contributed by atoms with Gasteiger partial charge in [-0.1, -0.05) is 28.1 Å². The van der Waals surface area contributed by atoms with Gasteiger partial charge in [0, 0.05) is 17.6 Å². The van der Waals surface area contributed by atoms with Crippen LogP contribution in [0.2, 0.25) is 0 Å². The number of nitrogens with two attached hydrogens (primary N) is 1. The summed E-state index contributed by atoms with van der Waals surface area (Å²) in [5.74, 6) is 0. The first-order valence-electron chi connectivity index (χ1n) is 4.97. The number of benzene rings is 1. The first kappa shape index (κ1) is 12.6. The van der Waals surface area contributed by atoms with Gasteiger partial charge in [-0.3, -0.25) is 0 Å². The van der Waals surface area contributed by atoms with E-state index in [1.54, 1.807) is 0 Å². The van der Waals surface area contributed by atoms with Crippen LogP contribution >= 0.6 is 15.9 Å². The minimum Gasteiger partial charge on any atom is -0.396 e. The summed E-state index contributed by atoms with van der Waals surface area (Å²) in [5, 5.41) is 18.5. The predicted octanol–water partition coefficient (Wildman–Crippen LogP) is 1.37. The third-order valence-electron chi connectivity index (χ3n) is 2.32. The van der Waals surface area contributed by atoms with Gasteiger partial charge in [0.15, 0.2) is 0 Å². The topological polar surface area (TPSA) is 66.5 Å². The number of hydrogen-bond donors (Lipinski definition) is 3. The van der Waals surface area contributed by atoms with Gasteiger partial charge in [0.05, 0.1) is 6.10 Å². The molecule has 1 aromatic rings. The van der Waals surface area contributed by atoms with E-state index >= 15 is 0 Å². The van der Waals surface area contributed by atoms with Gasteiger partial charge in [-0.05, 0) is 30.0 Å². The monoisotopic (exact) mass is 273 g/mol. The molecule has 0 saturated heterocycles. The Hall–Kier alpha value is -0.420. The lowest BCUT2D eigenvalue weighted by Crippen LogP contribution is -2.14. The lowest BCUT2D eigenvalue weighted by molar-refractivity contribution is 0.185. The summed E-state index contributed by atoms with van der Waals surface area (Å²) in [6.07, 6.45) is 0.799. The largest absolute Gasteiger partial charge is 0.396 e. The van der Waals surface area contributed by atoms with Crippen molar-refractivity contribution in [2.24, 2.45) is 5.73 Å². The fraction of sp³-hybridized carbons (Fsp3) is 0.455. The Bertz CT molecular complexity index is 317. The standard InChI is InChI=1S/C11H16BrNO2/c12-10-5-1-3-9(11(15)7-13)8(10)4-2-6-14/h1,3,5,11,14-15H,2,4,6-7,13H2. The molecule has 0 amide bonds. The van der Waals surface area contributed by atoms with Crippen LogP contribution in [0.3, 0.4) is 0 Å². The van der Waals surface area contributed by atoms with Crippen molar-refractivity contribution in [1.82, 2.24) is 0 Å². The number of halogens is 1. The molecule has 4 heteroatoms. The van der Waals surface area contributed by atoms with Crippen LogP contribution in [0.4, 0.5) is 0 Å². The molecule has 4 N–H and O–H groups in total. The summed E-state index contributed by atoms with van der Waals surface area (Å²) < 4.78 is 0.959. The molecule has 0 saturated carbocycles. The third-order valence-corrected chi connectivity index (χ3v) is 3.07. The Morgan fingerprint density at radius 1 is 1.40 bits per heavy atom. The van der Waals surface area contributed by atoms with Gasteiger partial charge in [-0.2, -0.15) is 0 Å². The van der Waals surface area contributed by atoms with E-state index in [0.29, 0.717) is 6.42 Å². The van der Waals surface area contributed by atoms with E-state index in [1.165, 1.54) is 0 Å². The van der Waals surface area contributed by atoms with Gasteiger partial charge < -0.3 is 15.9 Å². The zero-order valence-corrected chi connectivity index (χ0v) is 10.1. The maximum Gasteiger partial charge on any atom is 0.0915 e. The van der Waals surface area contributed by atoms with Crippen molar-refractivity contribution in [3.05, 3.63) is 33.8 Å². The normalized spacial score (nSPS) is 12.8. The van der Waals surface area contributed by atoms with Crippen LogP contribution in [-0.4, -0.2) is 23.4 Å². The summed E-state index contributed by atoms with van der Waals surface area (Å²) in [6.45, 7) is 0.363. The molecule has 0 spiro atoms. The molecule has 15 heavy (non-hydrogen) atoms. The van der Waals surface area contributed by atoms with Crippen LogP contribution in [0.25, 0.3) is 0 Å². The van der Waals surface area contributed by atoms with Crippen molar-refractivity contribution in [3.8, 4) is 0 Å². The second kappa shape index (κ2) is 6.23. The van der Waals surface area contributed by atoms with E-state index in [0.717, 1.165) is 22.0 Å². The van der Waals surface area contributed by atoms with Gasteiger partial charge in [-0.25, -0.2) is 0 Å². The average molecular weight is 274 g/mol. The molecule has 0 aliphatic carbocycles. The highest BCUT2D eigenvalue weighted by Crippen LogP contribution is 2.26. The Morgan fingerprint density at radius 3 is 2.73 bits per heavy atom. The van der Waals surface area contributed by atoms with E-state index in [1.807, 2.05) is 18.2 Å². The molecule has 1 rings (SSSR count).